The number of benzene rings is 1. The lowest BCUT2D eigenvalue weighted by molar-refractivity contribution is -0.385. The van der Waals surface area contributed by atoms with E-state index in [0.29, 0.717) is 10.2 Å². The number of aromatic nitrogens is 1. The number of halogens is 2. The highest BCUT2D eigenvalue weighted by Gasteiger charge is 2.16. The molecule has 0 unspecified atom stereocenters. The van der Waals surface area contributed by atoms with Crippen LogP contribution in [0.15, 0.2) is 41.0 Å². The Labute approximate surface area is 127 Å². The Kier molecular flexibility index (Phi) is 4.31. The number of rotatable bonds is 3. The predicted molar refractivity (Wildman–Crippen MR) is 78.0 cm³/mol. The molecule has 8 heteroatoms. The summed E-state index contributed by atoms with van der Waals surface area (Å²) in [6.07, 6.45) is 1.49. The van der Waals surface area contributed by atoms with Crippen LogP contribution in [-0.2, 0) is 0 Å². The van der Waals surface area contributed by atoms with Crippen molar-refractivity contribution < 1.29 is 9.72 Å². The average Bonchev–Trinajstić information content (AvgIpc) is 2.41. The number of nitro groups is 1. The summed E-state index contributed by atoms with van der Waals surface area (Å²) in [5.41, 5.74) is 0.305. The molecule has 0 bridgehead atoms. The molecule has 1 heterocycles. The first-order valence-electron chi connectivity index (χ1n) is 5.35. The second-order valence-electron chi connectivity index (χ2n) is 3.72. The Morgan fingerprint density at radius 2 is 2.15 bits per heavy atom. The lowest BCUT2D eigenvalue weighted by Crippen LogP contribution is -2.12. The molecule has 2 aromatic rings. The summed E-state index contributed by atoms with van der Waals surface area (Å²) in [6, 6.07) is 7.30. The van der Waals surface area contributed by atoms with Crippen molar-refractivity contribution in [3.8, 4) is 0 Å². The van der Waals surface area contributed by atoms with Crippen LogP contribution in [0, 0.1) is 10.1 Å². The highest BCUT2D eigenvalue weighted by Crippen LogP contribution is 2.26. The lowest BCUT2D eigenvalue weighted by Gasteiger charge is -2.06. The van der Waals surface area contributed by atoms with E-state index in [-0.39, 0.29) is 16.4 Å². The zero-order chi connectivity index (χ0) is 14.7. The summed E-state index contributed by atoms with van der Waals surface area (Å²) in [6.45, 7) is 0. The minimum Gasteiger partial charge on any atom is -0.319 e. The molecule has 0 aliphatic rings. The normalized spacial score (nSPS) is 10.1. The van der Waals surface area contributed by atoms with Gasteiger partial charge in [0.2, 0.25) is 0 Å². The molecule has 0 saturated carbocycles. The van der Waals surface area contributed by atoms with Crippen LogP contribution >= 0.6 is 27.5 Å². The fourth-order valence-electron chi connectivity index (χ4n) is 1.47. The number of nitrogens with zero attached hydrogens (tertiary/aromatic N) is 2. The maximum atomic E-state index is 12.0. The SMILES string of the molecule is O=C(Nc1cccnc1Cl)c1ccc(Br)c([N+](=O)[O-])c1. The second kappa shape index (κ2) is 5.98. The Hall–Kier alpha value is -1.99. The Morgan fingerprint density at radius 3 is 2.80 bits per heavy atom. The number of hydrogen-bond donors (Lipinski definition) is 1. The van der Waals surface area contributed by atoms with E-state index in [1.807, 2.05) is 0 Å². The van der Waals surface area contributed by atoms with E-state index in [1.54, 1.807) is 12.1 Å². The van der Waals surface area contributed by atoms with Gasteiger partial charge in [0, 0.05) is 17.8 Å². The third-order valence-electron chi connectivity index (χ3n) is 2.41. The molecule has 0 spiro atoms. The van der Waals surface area contributed by atoms with Crippen molar-refractivity contribution in [2.45, 2.75) is 0 Å². The van der Waals surface area contributed by atoms with E-state index in [4.69, 9.17) is 11.6 Å². The topological polar surface area (TPSA) is 85.1 Å². The molecule has 20 heavy (non-hydrogen) atoms. The predicted octanol–water partition coefficient (Wildman–Crippen LogP) is 3.66. The largest absolute Gasteiger partial charge is 0.319 e. The minimum atomic E-state index is -0.572. The molecule has 1 aromatic carbocycles. The summed E-state index contributed by atoms with van der Waals surface area (Å²) in [4.78, 5) is 26.1. The van der Waals surface area contributed by atoms with Gasteiger partial charge in [-0.05, 0) is 40.2 Å². The van der Waals surface area contributed by atoms with E-state index in [0.717, 1.165) is 0 Å². The molecule has 2 rings (SSSR count). The highest BCUT2D eigenvalue weighted by molar-refractivity contribution is 9.10. The van der Waals surface area contributed by atoms with Crippen molar-refractivity contribution in [2.24, 2.45) is 0 Å². The van der Waals surface area contributed by atoms with Gasteiger partial charge in [0.05, 0.1) is 15.1 Å². The van der Waals surface area contributed by atoms with Gasteiger partial charge < -0.3 is 5.32 Å². The molecule has 0 fully saturated rings. The van der Waals surface area contributed by atoms with E-state index < -0.39 is 10.8 Å². The second-order valence-corrected chi connectivity index (χ2v) is 4.93. The Balaban J connectivity index is 2.28. The van der Waals surface area contributed by atoms with Crippen LogP contribution in [0.1, 0.15) is 10.4 Å². The quantitative estimate of drug-likeness (QED) is 0.516. The average molecular weight is 357 g/mol. The fraction of sp³-hybridized carbons (Fsp3) is 0. The molecule has 1 aromatic heterocycles. The van der Waals surface area contributed by atoms with Crippen LogP contribution in [0.3, 0.4) is 0 Å². The third kappa shape index (κ3) is 3.12. The smallest absolute Gasteiger partial charge is 0.284 e. The van der Waals surface area contributed by atoms with Crippen molar-refractivity contribution in [2.75, 3.05) is 5.32 Å². The molecule has 1 N–H and O–H groups in total. The van der Waals surface area contributed by atoms with E-state index >= 15 is 0 Å². The molecule has 102 valence electrons. The monoisotopic (exact) mass is 355 g/mol. The van der Waals surface area contributed by atoms with Gasteiger partial charge in [0.1, 0.15) is 0 Å². The summed E-state index contributed by atoms with van der Waals surface area (Å²) in [5.74, 6) is -0.504. The highest BCUT2D eigenvalue weighted by atomic mass is 79.9. The standard InChI is InChI=1S/C12H7BrClN3O3/c13-8-4-3-7(6-10(8)17(19)20)12(18)16-9-2-1-5-15-11(9)14/h1-6H,(H,16,18). The maximum absolute atomic E-state index is 12.0. The Morgan fingerprint density at radius 1 is 1.40 bits per heavy atom. The van der Waals surface area contributed by atoms with Crippen LogP contribution in [0.2, 0.25) is 5.15 Å². The van der Waals surface area contributed by atoms with Gasteiger partial charge in [0.25, 0.3) is 11.6 Å². The summed E-state index contributed by atoms with van der Waals surface area (Å²) < 4.78 is 0.304. The van der Waals surface area contributed by atoms with Crippen LogP contribution in [0.4, 0.5) is 11.4 Å². The number of amides is 1. The lowest BCUT2D eigenvalue weighted by atomic mass is 10.2. The number of anilines is 1. The number of carbonyl (C=O) groups excluding carboxylic acids is 1. The van der Waals surface area contributed by atoms with Gasteiger partial charge >= 0.3 is 0 Å². The van der Waals surface area contributed by atoms with Gasteiger partial charge in [-0.2, -0.15) is 0 Å². The zero-order valence-electron chi connectivity index (χ0n) is 9.84. The van der Waals surface area contributed by atoms with Gasteiger partial charge in [-0.3, -0.25) is 14.9 Å². The number of pyridine rings is 1. The van der Waals surface area contributed by atoms with E-state index in [2.05, 4.69) is 26.2 Å². The van der Waals surface area contributed by atoms with E-state index in [9.17, 15) is 14.9 Å². The Bertz CT molecular complexity index is 693. The number of hydrogen-bond acceptors (Lipinski definition) is 4. The molecular formula is C12H7BrClN3O3. The van der Waals surface area contributed by atoms with Crippen molar-refractivity contribution in [3.05, 3.63) is 61.8 Å². The van der Waals surface area contributed by atoms with Gasteiger partial charge in [-0.15, -0.1) is 0 Å². The van der Waals surface area contributed by atoms with Gasteiger partial charge in [-0.25, -0.2) is 4.98 Å². The van der Waals surface area contributed by atoms with Crippen molar-refractivity contribution in [3.63, 3.8) is 0 Å². The molecule has 0 radical (unpaired) electrons. The van der Waals surface area contributed by atoms with E-state index in [1.165, 1.54) is 24.4 Å². The third-order valence-corrected chi connectivity index (χ3v) is 3.38. The number of nitro benzene ring substituents is 1. The van der Waals surface area contributed by atoms with Crippen LogP contribution in [-0.4, -0.2) is 15.8 Å². The number of nitrogens with one attached hydrogen (secondary N) is 1. The molecule has 0 saturated heterocycles. The molecular weight excluding hydrogens is 350 g/mol. The van der Waals surface area contributed by atoms with Crippen LogP contribution in [0.25, 0.3) is 0 Å². The van der Waals surface area contributed by atoms with Crippen molar-refractivity contribution in [1.82, 2.24) is 4.98 Å². The van der Waals surface area contributed by atoms with Gasteiger partial charge in [-0.1, -0.05) is 11.6 Å². The van der Waals surface area contributed by atoms with Crippen molar-refractivity contribution in [1.29, 1.82) is 0 Å². The number of carbonyl (C=O) groups is 1. The summed E-state index contributed by atoms with van der Waals surface area (Å²) >= 11 is 8.88. The van der Waals surface area contributed by atoms with Crippen LogP contribution < -0.4 is 5.32 Å². The first-order chi connectivity index (χ1) is 9.49. The van der Waals surface area contributed by atoms with Gasteiger partial charge in [0.15, 0.2) is 5.15 Å². The molecule has 6 nitrogen and oxygen atoms in total. The first-order valence-corrected chi connectivity index (χ1v) is 6.52. The molecule has 0 atom stereocenters. The summed E-state index contributed by atoms with van der Waals surface area (Å²) in [5, 5.41) is 13.5. The van der Waals surface area contributed by atoms with Crippen LogP contribution in [0.5, 0.6) is 0 Å². The fourth-order valence-corrected chi connectivity index (χ4v) is 2.03. The minimum absolute atomic E-state index is 0.146. The maximum Gasteiger partial charge on any atom is 0.284 e. The molecule has 0 aliphatic heterocycles. The summed E-state index contributed by atoms with van der Waals surface area (Å²) in [7, 11) is 0. The van der Waals surface area contributed by atoms with Crippen molar-refractivity contribution >= 4 is 44.8 Å². The zero-order valence-corrected chi connectivity index (χ0v) is 12.2. The molecule has 0 aliphatic carbocycles. The molecule has 1 amide bonds. The first kappa shape index (κ1) is 14.4.